The molecule has 2 aromatic carbocycles. The number of carbonyl (C=O) groups is 2. The zero-order chi connectivity index (χ0) is 23.6. The van der Waals surface area contributed by atoms with Crippen LogP contribution in [-0.2, 0) is 14.8 Å². The highest BCUT2D eigenvalue weighted by Gasteiger charge is 2.29. The van der Waals surface area contributed by atoms with Crippen molar-refractivity contribution in [2.75, 3.05) is 31.5 Å². The molecule has 10 nitrogen and oxygen atoms in total. The lowest BCUT2D eigenvalue weighted by atomic mass is 10.2. The summed E-state index contributed by atoms with van der Waals surface area (Å²) in [6.07, 6.45) is 2.63. The Balaban J connectivity index is 1.49. The third-order valence-electron chi connectivity index (χ3n) is 5.29. The summed E-state index contributed by atoms with van der Waals surface area (Å²) >= 11 is 0. The Morgan fingerprint density at radius 3 is 2.45 bits per heavy atom. The van der Waals surface area contributed by atoms with E-state index < -0.39 is 21.7 Å². The molecule has 1 aliphatic heterocycles. The summed E-state index contributed by atoms with van der Waals surface area (Å²) in [7, 11) is -3.84. The molecule has 3 aromatic rings. The number of hydrogen-bond acceptors (Lipinski definition) is 6. The zero-order valence-electron chi connectivity index (χ0n) is 17.7. The van der Waals surface area contributed by atoms with Gasteiger partial charge < -0.3 is 10.2 Å². The van der Waals surface area contributed by atoms with E-state index in [9.17, 15) is 22.4 Å². The first-order valence-corrected chi connectivity index (χ1v) is 11.5. The van der Waals surface area contributed by atoms with E-state index in [0.29, 0.717) is 13.1 Å². The largest absolute Gasteiger partial charge is 0.340 e. The van der Waals surface area contributed by atoms with E-state index in [1.807, 2.05) is 0 Å². The van der Waals surface area contributed by atoms with Crippen molar-refractivity contribution in [1.82, 2.24) is 24.0 Å². The first-order chi connectivity index (χ1) is 15.8. The lowest BCUT2D eigenvalue weighted by molar-refractivity contribution is -0.129. The average Bonchev–Trinajstić information content (AvgIpc) is 3.34. The van der Waals surface area contributed by atoms with Crippen LogP contribution in [0.1, 0.15) is 17.3 Å². The lowest BCUT2D eigenvalue weighted by Gasteiger charge is -2.33. The Kier molecular flexibility index (Phi) is 6.20. The van der Waals surface area contributed by atoms with Gasteiger partial charge >= 0.3 is 0 Å². The number of piperazine rings is 1. The van der Waals surface area contributed by atoms with E-state index in [-0.39, 0.29) is 40.8 Å². The summed E-state index contributed by atoms with van der Waals surface area (Å²) in [5, 5.41) is 6.44. The monoisotopic (exact) mass is 472 g/mol. The second kappa shape index (κ2) is 9.08. The van der Waals surface area contributed by atoms with Crippen LogP contribution in [0.2, 0.25) is 0 Å². The van der Waals surface area contributed by atoms with Gasteiger partial charge in [-0.15, -0.1) is 0 Å². The Hall–Kier alpha value is -3.64. The van der Waals surface area contributed by atoms with E-state index in [0.717, 1.165) is 6.07 Å². The van der Waals surface area contributed by atoms with E-state index in [1.54, 1.807) is 4.90 Å². The molecule has 0 bridgehead atoms. The minimum absolute atomic E-state index is 0.0286. The van der Waals surface area contributed by atoms with Gasteiger partial charge in [0.25, 0.3) is 5.91 Å². The minimum Gasteiger partial charge on any atom is -0.340 e. The number of benzene rings is 2. The summed E-state index contributed by atoms with van der Waals surface area (Å²) in [5.74, 6) is -1.29. The fourth-order valence-electron chi connectivity index (χ4n) is 3.50. The molecule has 1 aromatic heterocycles. The first-order valence-electron chi connectivity index (χ1n) is 10.1. The van der Waals surface area contributed by atoms with Crippen molar-refractivity contribution in [3.8, 4) is 5.69 Å². The normalized spacial score (nSPS) is 14.8. The van der Waals surface area contributed by atoms with Gasteiger partial charge in [-0.3, -0.25) is 9.59 Å². The van der Waals surface area contributed by atoms with Crippen LogP contribution in [0.4, 0.5) is 10.1 Å². The van der Waals surface area contributed by atoms with Gasteiger partial charge in [-0.2, -0.15) is 9.40 Å². The second-order valence-corrected chi connectivity index (χ2v) is 9.34. The quantitative estimate of drug-likeness (QED) is 0.602. The highest BCUT2D eigenvalue weighted by atomic mass is 32.2. The van der Waals surface area contributed by atoms with Gasteiger partial charge in [0.15, 0.2) is 5.82 Å². The highest BCUT2D eigenvalue weighted by Crippen LogP contribution is 2.21. The summed E-state index contributed by atoms with van der Waals surface area (Å²) in [4.78, 5) is 29.5. The van der Waals surface area contributed by atoms with Gasteiger partial charge in [-0.05, 0) is 36.4 Å². The molecule has 1 fully saturated rings. The maximum atomic E-state index is 14.4. The second-order valence-electron chi connectivity index (χ2n) is 7.40. The summed E-state index contributed by atoms with van der Waals surface area (Å²) in [6.45, 7) is 2.42. The number of sulfonamides is 1. The first kappa shape index (κ1) is 22.6. The van der Waals surface area contributed by atoms with E-state index in [1.165, 1.54) is 65.0 Å². The molecule has 0 unspecified atom stereocenters. The number of carbonyl (C=O) groups excluding carboxylic acids is 2. The molecule has 12 heteroatoms. The van der Waals surface area contributed by atoms with Crippen molar-refractivity contribution < 1.29 is 22.4 Å². The van der Waals surface area contributed by atoms with Crippen molar-refractivity contribution in [3.05, 3.63) is 66.5 Å². The number of halogens is 1. The van der Waals surface area contributed by atoms with Gasteiger partial charge in [-0.25, -0.2) is 22.5 Å². The van der Waals surface area contributed by atoms with Gasteiger partial charge in [0.05, 0.1) is 4.90 Å². The Bertz CT molecular complexity index is 1290. The van der Waals surface area contributed by atoms with Crippen LogP contribution in [0.5, 0.6) is 0 Å². The molecule has 1 saturated heterocycles. The van der Waals surface area contributed by atoms with Gasteiger partial charge in [-0.1, -0.05) is 6.07 Å². The predicted octanol–water partition coefficient (Wildman–Crippen LogP) is 1.51. The van der Waals surface area contributed by atoms with E-state index in [4.69, 9.17) is 0 Å². The molecule has 0 saturated carbocycles. The van der Waals surface area contributed by atoms with Crippen molar-refractivity contribution in [3.63, 3.8) is 0 Å². The number of nitrogens with one attached hydrogen (secondary N) is 1. The molecule has 172 valence electrons. The maximum absolute atomic E-state index is 14.4. The van der Waals surface area contributed by atoms with Crippen molar-refractivity contribution in [2.45, 2.75) is 11.8 Å². The molecule has 0 spiro atoms. The standard InChI is InChI=1S/C21H21FN6O4S/c1-15(29)26-7-9-27(10-8-26)33(31,32)18-4-2-3-16(11-18)21(30)25-17-5-6-20(19(22)12-17)28-14-23-13-24-28/h2-6,11-14H,7-10H2,1H3,(H,25,30). The number of anilines is 1. The Morgan fingerprint density at radius 1 is 1.06 bits per heavy atom. The Labute approximate surface area is 189 Å². The topological polar surface area (TPSA) is 118 Å². The van der Waals surface area contributed by atoms with Crippen LogP contribution in [0.25, 0.3) is 5.69 Å². The number of aromatic nitrogens is 3. The molecule has 1 aliphatic rings. The lowest BCUT2D eigenvalue weighted by Crippen LogP contribution is -2.49. The maximum Gasteiger partial charge on any atom is 0.255 e. The van der Waals surface area contributed by atoms with Crippen LogP contribution in [0.3, 0.4) is 0 Å². The SMILES string of the molecule is CC(=O)N1CCN(S(=O)(=O)c2cccc(C(=O)Nc3ccc(-n4cncn4)c(F)c3)c2)CC1. The summed E-state index contributed by atoms with van der Waals surface area (Å²) in [6, 6.07) is 9.74. The number of hydrogen-bond donors (Lipinski definition) is 1. The van der Waals surface area contributed by atoms with Crippen molar-refractivity contribution in [1.29, 1.82) is 0 Å². The molecular weight excluding hydrogens is 451 g/mol. The fourth-order valence-corrected chi connectivity index (χ4v) is 4.97. The third kappa shape index (κ3) is 4.76. The minimum atomic E-state index is -3.84. The van der Waals surface area contributed by atoms with Crippen LogP contribution < -0.4 is 5.32 Å². The molecule has 1 N–H and O–H groups in total. The van der Waals surface area contributed by atoms with Crippen molar-refractivity contribution in [2.24, 2.45) is 0 Å². The van der Waals surface area contributed by atoms with Crippen LogP contribution in [0, 0.1) is 5.82 Å². The smallest absolute Gasteiger partial charge is 0.255 e. The van der Waals surface area contributed by atoms with E-state index >= 15 is 0 Å². The zero-order valence-corrected chi connectivity index (χ0v) is 18.5. The summed E-state index contributed by atoms with van der Waals surface area (Å²) < 4.78 is 43.0. The van der Waals surface area contributed by atoms with Gasteiger partial charge in [0.2, 0.25) is 15.9 Å². The van der Waals surface area contributed by atoms with Gasteiger partial charge in [0.1, 0.15) is 18.3 Å². The third-order valence-corrected chi connectivity index (χ3v) is 7.18. The number of rotatable bonds is 5. The molecular formula is C21H21FN6O4S. The summed E-state index contributed by atoms with van der Waals surface area (Å²) in [5.41, 5.74) is 0.484. The predicted molar refractivity (Wildman–Crippen MR) is 117 cm³/mol. The molecule has 4 rings (SSSR count). The number of amides is 2. The fraction of sp³-hybridized carbons (Fsp3) is 0.238. The molecule has 0 radical (unpaired) electrons. The average molecular weight is 473 g/mol. The molecule has 33 heavy (non-hydrogen) atoms. The molecule has 2 amide bonds. The number of nitrogens with zero attached hydrogens (tertiary/aromatic N) is 5. The van der Waals surface area contributed by atoms with Crippen molar-refractivity contribution >= 4 is 27.5 Å². The molecule has 0 aliphatic carbocycles. The highest BCUT2D eigenvalue weighted by molar-refractivity contribution is 7.89. The van der Waals surface area contributed by atoms with Crippen LogP contribution >= 0.6 is 0 Å². The molecule has 2 heterocycles. The van der Waals surface area contributed by atoms with Crippen LogP contribution in [0.15, 0.2) is 60.0 Å². The van der Waals surface area contributed by atoms with E-state index in [2.05, 4.69) is 15.4 Å². The molecule has 0 atom stereocenters. The van der Waals surface area contributed by atoms with Gasteiger partial charge in [0, 0.05) is 44.4 Å². The van der Waals surface area contributed by atoms with Crippen LogP contribution in [-0.4, -0.2) is 70.4 Å². The Morgan fingerprint density at radius 2 is 1.82 bits per heavy atom.